The van der Waals surface area contributed by atoms with E-state index in [1.54, 1.807) is 4.90 Å². The number of carbonyl (C=O) groups is 2. The smallest absolute Gasteiger partial charge is 0.261 e. The number of hydrogen-bond acceptors (Lipinski definition) is 3. The van der Waals surface area contributed by atoms with Gasteiger partial charge in [0, 0.05) is 24.0 Å². The van der Waals surface area contributed by atoms with E-state index in [1.807, 2.05) is 92.7 Å². The molecule has 0 fully saturated rings. The second-order valence-corrected chi connectivity index (χ2v) is 8.77. The SMILES string of the molecule is CCNC(=O)C(Cc1ccccc1)N(Cc1ccc(Br)cc1)C(=O)COc1ccc(C)cc1. The number of rotatable bonds is 10. The Morgan fingerprint density at radius 3 is 2.24 bits per heavy atom. The van der Waals surface area contributed by atoms with Crippen molar-refractivity contribution in [1.29, 1.82) is 0 Å². The maximum Gasteiger partial charge on any atom is 0.261 e. The van der Waals surface area contributed by atoms with Crippen molar-refractivity contribution >= 4 is 27.7 Å². The molecule has 1 unspecified atom stereocenters. The van der Waals surface area contributed by atoms with Crippen LogP contribution >= 0.6 is 15.9 Å². The summed E-state index contributed by atoms with van der Waals surface area (Å²) < 4.78 is 6.73. The van der Waals surface area contributed by atoms with Crippen LogP contribution in [0.25, 0.3) is 0 Å². The van der Waals surface area contributed by atoms with Gasteiger partial charge >= 0.3 is 0 Å². The van der Waals surface area contributed by atoms with Crippen molar-refractivity contribution in [2.24, 2.45) is 0 Å². The Bertz CT molecular complexity index is 1040. The normalized spacial score (nSPS) is 11.5. The Morgan fingerprint density at radius 2 is 1.61 bits per heavy atom. The predicted octanol–water partition coefficient (Wildman–Crippen LogP) is 4.91. The second-order valence-electron chi connectivity index (χ2n) is 7.85. The van der Waals surface area contributed by atoms with Crippen molar-refractivity contribution in [1.82, 2.24) is 10.2 Å². The number of halogens is 1. The van der Waals surface area contributed by atoms with Gasteiger partial charge < -0.3 is 15.0 Å². The minimum absolute atomic E-state index is 0.149. The molecule has 0 aromatic heterocycles. The van der Waals surface area contributed by atoms with Crippen LogP contribution in [-0.4, -0.2) is 35.9 Å². The van der Waals surface area contributed by atoms with Crippen LogP contribution < -0.4 is 10.1 Å². The van der Waals surface area contributed by atoms with Crippen LogP contribution in [-0.2, 0) is 22.6 Å². The van der Waals surface area contributed by atoms with Gasteiger partial charge in [-0.1, -0.05) is 76.1 Å². The van der Waals surface area contributed by atoms with Gasteiger partial charge in [0.15, 0.2) is 6.61 Å². The Balaban J connectivity index is 1.87. The molecule has 2 amide bonds. The van der Waals surface area contributed by atoms with Crippen molar-refractivity contribution in [3.8, 4) is 5.75 Å². The lowest BCUT2D eigenvalue weighted by atomic mass is 10.0. The van der Waals surface area contributed by atoms with Gasteiger partial charge in [-0.2, -0.15) is 0 Å². The lowest BCUT2D eigenvalue weighted by molar-refractivity contribution is -0.142. The maximum absolute atomic E-state index is 13.4. The fraction of sp³-hybridized carbons (Fsp3) is 0.259. The molecule has 3 aromatic carbocycles. The molecule has 172 valence electrons. The number of nitrogens with one attached hydrogen (secondary N) is 1. The molecule has 6 heteroatoms. The van der Waals surface area contributed by atoms with Gasteiger partial charge in [-0.25, -0.2) is 0 Å². The van der Waals surface area contributed by atoms with E-state index in [4.69, 9.17) is 4.74 Å². The van der Waals surface area contributed by atoms with Crippen LogP contribution in [0.15, 0.2) is 83.3 Å². The number of ether oxygens (including phenoxy) is 1. The maximum atomic E-state index is 13.4. The van der Waals surface area contributed by atoms with E-state index in [9.17, 15) is 9.59 Å². The fourth-order valence-electron chi connectivity index (χ4n) is 3.49. The van der Waals surface area contributed by atoms with E-state index in [2.05, 4.69) is 21.2 Å². The molecule has 0 saturated carbocycles. The van der Waals surface area contributed by atoms with Gasteiger partial charge in [-0.05, 0) is 49.2 Å². The van der Waals surface area contributed by atoms with Crippen LogP contribution in [0.3, 0.4) is 0 Å². The molecular weight excluding hydrogens is 480 g/mol. The second kappa shape index (κ2) is 12.2. The van der Waals surface area contributed by atoms with Crippen LogP contribution in [0.4, 0.5) is 0 Å². The van der Waals surface area contributed by atoms with Crippen LogP contribution in [0.5, 0.6) is 5.75 Å². The summed E-state index contributed by atoms with van der Waals surface area (Å²) in [5, 5.41) is 2.89. The average molecular weight is 509 g/mol. The molecule has 3 aromatic rings. The topological polar surface area (TPSA) is 58.6 Å². The largest absolute Gasteiger partial charge is 0.484 e. The highest BCUT2D eigenvalue weighted by molar-refractivity contribution is 9.10. The minimum atomic E-state index is -0.662. The number of carbonyl (C=O) groups excluding carboxylic acids is 2. The third kappa shape index (κ3) is 7.46. The van der Waals surface area contributed by atoms with Crippen LogP contribution in [0.2, 0.25) is 0 Å². The summed E-state index contributed by atoms with van der Waals surface area (Å²) in [4.78, 5) is 28.1. The van der Waals surface area contributed by atoms with Gasteiger partial charge in [-0.3, -0.25) is 9.59 Å². The van der Waals surface area contributed by atoms with Crippen molar-refractivity contribution < 1.29 is 14.3 Å². The van der Waals surface area contributed by atoms with Gasteiger partial charge in [0.2, 0.25) is 5.91 Å². The molecule has 0 saturated heterocycles. The summed E-state index contributed by atoms with van der Waals surface area (Å²) in [7, 11) is 0. The van der Waals surface area contributed by atoms with E-state index in [0.29, 0.717) is 25.3 Å². The third-order valence-electron chi connectivity index (χ3n) is 5.27. The van der Waals surface area contributed by atoms with Crippen molar-refractivity contribution in [3.63, 3.8) is 0 Å². The van der Waals surface area contributed by atoms with E-state index in [1.165, 1.54) is 0 Å². The van der Waals surface area contributed by atoms with E-state index < -0.39 is 6.04 Å². The number of aryl methyl sites for hydroxylation is 1. The first kappa shape index (κ1) is 24.5. The average Bonchev–Trinajstić information content (AvgIpc) is 2.82. The monoisotopic (exact) mass is 508 g/mol. The Labute approximate surface area is 203 Å². The molecule has 0 bridgehead atoms. The highest BCUT2D eigenvalue weighted by Crippen LogP contribution is 2.18. The molecule has 0 radical (unpaired) electrons. The van der Waals surface area contributed by atoms with Crippen LogP contribution in [0.1, 0.15) is 23.6 Å². The van der Waals surface area contributed by atoms with Gasteiger partial charge in [0.25, 0.3) is 5.91 Å². The number of amides is 2. The molecule has 0 spiro atoms. The van der Waals surface area contributed by atoms with Gasteiger partial charge in [0.05, 0.1) is 0 Å². The summed E-state index contributed by atoms with van der Waals surface area (Å²) in [6.45, 7) is 4.51. The van der Waals surface area contributed by atoms with E-state index in [-0.39, 0.29) is 18.4 Å². The fourth-order valence-corrected chi connectivity index (χ4v) is 3.76. The summed E-state index contributed by atoms with van der Waals surface area (Å²) in [6, 6.07) is 24.4. The first-order valence-electron chi connectivity index (χ1n) is 11.0. The molecular formula is C27H29BrN2O3. The molecule has 1 N–H and O–H groups in total. The number of nitrogens with zero attached hydrogens (tertiary/aromatic N) is 1. The Morgan fingerprint density at radius 1 is 0.939 bits per heavy atom. The minimum Gasteiger partial charge on any atom is -0.484 e. The highest BCUT2D eigenvalue weighted by atomic mass is 79.9. The summed E-state index contributed by atoms with van der Waals surface area (Å²) >= 11 is 3.45. The molecule has 3 rings (SSSR count). The zero-order valence-corrected chi connectivity index (χ0v) is 20.5. The molecule has 1 atom stereocenters. The van der Waals surface area contributed by atoms with E-state index in [0.717, 1.165) is 21.2 Å². The predicted molar refractivity (Wildman–Crippen MR) is 134 cm³/mol. The van der Waals surface area contributed by atoms with Crippen molar-refractivity contribution in [2.45, 2.75) is 32.9 Å². The van der Waals surface area contributed by atoms with Crippen molar-refractivity contribution in [2.75, 3.05) is 13.2 Å². The first-order chi connectivity index (χ1) is 16.0. The summed E-state index contributed by atoms with van der Waals surface area (Å²) in [5.41, 5.74) is 3.04. The molecule has 0 heterocycles. The zero-order chi connectivity index (χ0) is 23.6. The quantitative estimate of drug-likeness (QED) is 0.423. The number of hydrogen-bond donors (Lipinski definition) is 1. The number of benzene rings is 3. The molecule has 33 heavy (non-hydrogen) atoms. The lowest BCUT2D eigenvalue weighted by Gasteiger charge is -2.31. The standard InChI is InChI=1S/C27H29BrN2O3/c1-3-29-27(32)25(17-21-7-5-4-6-8-21)30(18-22-11-13-23(28)14-12-22)26(31)19-33-24-15-9-20(2)10-16-24/h4-16,25H,3,17-19H2,1-2H3,(H,29,32). The first-order valence-corrected chi connectivity index (χ1v) is 11.8. The third-order valence-corrected chi connectivity index (χ3v) is 5.80. The van der Waals surface area contributed by atoms with E-state index >= 15 is 0 Å². The molecule has 0 aliphatic heterocycles. The van der Waals surface area contributed by atoms with Gasteiger partial charge in [-0.15, -0.1) is 0 Å². The molecule has 5 nitrogen and oxygen atoms in total. The summed E-state index contributed by atoms with van der Waals surface area (Å²) in [6.07, 6.45) is 0.416. The van der Waals surface area contributed by atoms with Gasteiger partial charge in [0.1, 0.15) is 11.8 Å². The molecule has 0 aliphatic rings. The Hall–Kier alpha value is -3.12. The summed E-state index contributed by atoms with van der Waals surface area (Å²) in [5.74, 6) is 0.197. The van der Waals surface area contributed by atoms with Crippen LogP contribution in [0, 0.1) is 6.92 Å². The number of likely N-dealkylation sites (N-methyl/N-ethyl adjacent to an activating group) is 1. The lowest BCUT2D eigenvalue weighted by Crippen LogP contribution is -2.51. The Kier molecular flexibility index (Phi) is 9.07. The zero-order valence-electron chi connectivity index (χ0n) is 19.0. The molecule has 0 aliphatic carbocycles. The highest BCUT2D eigenvalue weighted by Gasteiger charge is 2.30. The van der Waals surface area contributed by atoms with Crippen molar-refractivity contribution in [3.05, 3.63) is 100 Å².